The molecule has 1 atom stereocenters. The van der Waals surface area contributed by atoms with Gasteiger partial charge >= 0.3 is 11.9 Å². The quantitative estimate of drug-likeness (QED) is 0.229. The number of anilines is 2. The molecule has 1 aliphatic carbocycles. The van der Waals surface area contributed by atoms with Crippen LogP contribution in [-0.4, -0.2) is 53.9 Å². The lowest BCUT2D eigenvalue weighted by Gasteiger charge is -2.37. The molecule has 5 rings (SSSR count). The van der Waals surface area contributed by atoms with E-state index in [2.05, 4.69) is 16.4 Å². The van der Waals surface area contributed by atoms with Crippen molar-refractivity contribution in [1.82, 2.24) is 9.88 Å². The number of nitrogens with one attached hydrogen (secondary N) is 1. The molecule has 0 amide bonds. The van der Waals surface area contributed by atoms with Crippen LogP contribution in [0.3, 0.4) is 0 Å². The maximum absolute atomic E-state index is 16.5. The standard InChI is InChI=1S/C29H33ClFN3O4S/c1-18-5-11-24-25(15-18)39-28(33-24)32-23-12-6-19(16-22(23)30)17-26(35)29(31,34-13-3-4-14-34)38-21-9-7-20(8-10-21)27(36)37-2/h5-6,11-12,15-16,20-21H,3-4,7-10,13-14,17H2,1-2H3,(H,32,33). The minimum atomic E-state index is -2.51. The first-order valence-corrected chi connectivity index (χ1v) is 14.6. The molecule has 39 heavy (non-hydrogen) atoms. The maximum atomic E-state index is 16.5. The number of Topliss-reactive ketones (excluding diaryl/α,β-unsaturated/α-hetero) is 1. The van der Waals surface area contributed by atoms with Gasteiger partial charge in [-0.05, 0) is 80.8 Å². The molecule has 1 aromatic heterocycles. The second-order valence-corrected chi connectivity index (χ2v) is 11.8. The highest BCUT2D eigenvalue weighted by molar-refractivity contribution is 7.22. The van der Waals surface area contributed by atoms with E-state index >= 15 is 4.39 Å². The Morgan fingerprint density at radius 3 is 2.59 bits per heavy atom. The van der Waals surface area contributed by atoms with Crippen molar-refractivity contribution in [2.75, 3.05) is 25.5 Å². The van der Waals surface area contributed by atoms with Gasteiger partial charge in [0, 0.05) is 19.5 Å². The maximum Gasteiger partial charge on any atom is 0.330 e. The number of halogens is 2. The number of aromatic nitrogens is 1. The van der Waals surface area contributed by atoms with E-state index in [1.54, 1.807) is 18.2 Å². The third kappa shape index (κ3) is 6.27. The number of fused-ring (bicyclic) bond motifs is 1. The molecule has 1 unspecified atom stereocenters. The molecule has 3 aromatic rings. The van der Waals surface area contributed by atoms with Crippen molar-refractivity contribution in [2.45, 2.75) is 64.0 Å². The molecule has 1 N–H and O–H groups in total. The van der Waals surface area contributed by atoms with E-state index in [1.807, 2.05) is 19.1 Å². The summed E-state index contributed by atoms with van der Waals surface area (Å²) in [7, 11) is 1.38. The SMILES string of the molecule is COC(=O)C1CCC(OC(F)(C(=O)Cc2ccc(Nc3nc4ccc(C)cc4s3)c(Cl)c2)N2CCCC2)CC1. The molecule has 0 radical (unpaired) electrons. The lowest BCUT2D eigenvalue weighted by Crippen LogP contribution is -2.54. The highest BCUT2D eigenvalue weighted by Crippen LogP contribution is 2.36. The second-order valence-electron chi connectivity index (χ2n) is 10.4. The number of esters is 1. The topological polar surface area (TPSA) is 80.8 Å². The van der Waals surface area contributed by atoms with Crippen LogP contribution in [0.2, 0.25) is 5.02 Å². The number of nitrogens with zero attached hydrogens (tertiary/aromatic N) is 2. The Morgan fingerprint density at radius 2 is 1.90 bits per heavy atom. The van der Waals surface area contributed by atoms with Crippen molar-refractivity contribution >= 4 is 55.7 Å². The van der Waals surface area contributed by atoms with Gasteiger partial charge in [0.15, 0.2) is 5.13 Å². The zero-order chi connectivity index (χ0) is 27.6. The predicted molar refractivity (Wildman–Crippen MR) is 151 cm³/mol. The number of alkyl halides is 1. The molecule has 2 aromatic carbocycles. The highest BCUT2D eigenvalue weighted by Gasteiger charge is 2.48. The second kappa shape index (κ2) is 11.9. The number of benzene rings is 2. The molecular weight excluding hydrogens is 541 g/mol. The van der Waals surface area contributed by atoms with E-state index < -0.39 is 17.9 Å². The van der Waals surface area contributed by atoms with Crippen LogP contribution < -0.4 is 5.32 Å². The number of hydrogen-bond acceptors (Lipinski definition) is 8. The van der Waals surface area contributed by atoms with Gasteiger partial charge in [0.05, 0.1) is 40.1 Å². The summed E-state index contributed by atoms with van der Waals surface area (Å²) in [6, 6.07) is 11.3. The van der Waals surface area contributed by atoms with E-state index in [-0.39, 0.29) is 18.3 Å². The summed E-state index contributed by atoms with van der Waals surface area (Å²) >= 11 is 8.10. The van der Waals surface area contributed by atoms with Crippen LogP contribution in [-0.2, 0) is 25.5 Å². The number of hydrogen-bond donors (Lipinski definition) is 1. The largest absolute Gasteiger partial charge is 0.469 e. The summed E-state index contributed by atoms with van der Waals surface area (Å²) in [5, 5.41) is 4.39. The molecule has 2 fully saturated rings. The van der Waals surface area contributed by atoms with Crippen molar-refractivity contribution in [2.24, 2.45) is 5.92 Å². The summed E-state index contributed by atoms with van der Waals surface area (Å²) in [4.78, 5) is 31.4. The van der Waals surface area contributed by atoms with Gasteiger partial charge in [-0.2, -0.15) is 4.39 Å². The Balaban J connectivity index is 1.27. The molecule has 1 saturated heterocycles. The molecule has 2 heterocycles. The number of methoxy groups -OCH3 is 1. The predicted octanol–water partition coefficient (Wildman–Crippen LogP) is 6.58. The Labute approximate surface area is 236 Å². The molecular formula is C29H33ClFN3O4S. The van der Waals surface area contributed by atoms with E-state index in [9.17, 15) is 9.59 Å². The number of thiazole rings is 1. The Morgan fingerprint density at radius 1 is 1.15 bits per heavy atom. The van der Waals surface area contributed by atoms with Crippen LogP contribution in [0.15, 0.2) is 36.4 Å². The fourth-order valence-corrected chi connectivity index (χ4v) is 6.62. The van der Waals surface area contributed by atoms with Crippen molar-refractivity contribution in [3.8, 4) is 0 Å². The summed E-state index contributed by atoms with van der Waals surface area (Å²) in [5.41, 5.74) is 3.34. The highest BCUT2D eigenvalue weighted by atomic mass is 35.5. The minimum Gasteiger partial charge on any atom is -0.469 e. The number of carbonyl (C=O) groups is 2. The van der Waals surface area contributed by atoms with Gasteiger partial charge in [-0.3, -0.25) is 9.59 Å². The van der Waals surface area contributed by atoms with Crippen LogP contribution >= 0.6 is 22.9 Å². The van der Waals surface area contributed by atoms with Crippen LogP contribution in [0.4, 0.5) is 15.2 Å². The molecule has 208 valence electrons. The van der Waals surface area contributed by atoms with Gasteiger partial charge in [-0.25, -0.2) is 9.88 Å². The third-order valence-electron chi connectivity index (χ3n) is 7.57. The van der Waals surface area contributed by atoms with Crippen molar-refractivity contribution < 1.29 is 23.5 Å². The summed E-state index contributed by atoms with van der Waals surface area (Å²) < 4.78 is 28.4. The van der Waals surface area contributed by atoms with Crippen LogP contribution in [0.25, 0.3) is 10.2 Å². The first-order valence-electron chi connectivity index (χ1n) is 13.4. The fraction of sp³-hybridized carbons (Fsp3) is 0.483. The zero-order valence-electron chi connectivity index (χ0n) is 22.2. The van der Waals surface area contributed by atoms with E-state index in [4.69, 9.17) is 21.1 Å². The molecule has 2 aliphatic rings. The zero-order valence-corrected chi connectivity index (χ0v) is 23.7. The molecule has 1 aliphatic heterocycles. The summed E-state index contributed by atoms with van der Waals surface area (Å²) in [6.07, 6.45) is 3.16. The van der Waals surface area contributed by atoms with Crippen LogP contribution in [0.5, 0.6) is 0 Å². The lowest BCUT2D eigenvalue weighted by molar-refractivity contribution is -0.252. The smallest absolute Gasteiger partial charge is 0.330 e. The average molecular weight is 574 g/mol. The van der Waals surface area contributed by atoms with Crippen LogP contribution in [0, 0.1) is 12.8 Å². The van der Waals surface area contributed by atoms with E-state index in [0.717, 1.165) is 23.1 Å². The number of likely N-dealkylation sites (tertiary alicyclic amines) is 1. The van der Waals surface area contributed by atoms with Gasteiger partial charge in [-0.1, -0.05) is 35.1 Å². The average Bonchev–Trinajstić information content (AvgIpc) is 3.60. The molecule has 1 saturated carbocycles. The van der Waals surface area contributed by atoms with Gasteiger partial charge < -0.3 is 14.8 Å². The van der Waals surface area contributed by atoms with Gasteiger partial charge in [0.25, 0.3) is 0 Å². The number of ketones is 1. The van der Waals surface area contributed by atoms with Crippen molar-refractivity contribution in [1.29, 1.82) is 0 Å². The number of rotatable bonds is 9. The first kappa shape index (κ1) is 28.0. The van der Waals surface area contributed by atoms with Gasteiger partial charge in [0.2, 0.25) is 5.78 Å². The van der Waals surface area contributed by atoms with Gasteiger partial charge in [0.1, 0.15) is 0 Å². The fourth-order valence-electron chi connectivity index (χ4n) is 5.39. The Bertz CT molecular complexity index is 1350. The minimum absolute atomic E-state index is 0.148. The third-order valence-corrected chi connectivity index (χ3v) is 8.82. The molecule has 10 heteroatoms. The number of ether oxygens (including phenoxy) is 2. The normalized spacial score (nSPS) is 21.5. The van der Waals surface area contributed by atoms with E-state index in [1.165, 1.54) is 28.9 Å². The first-order chi connectivity index (χ1) is 18.7. The molecule has 0 spiro atoms. The van der Waals surface area contributed by atoms with E-state index in [0.29, 0.717) is 60.2 Å². The number of aryl methyl sites for hydroxylation is 1. The number of carbonyl (C=O) groups excluding carboxylic acids is 2. The summed E-state index contributed by atoms with van der Waals surface area (Å²) in [6.45, 7) is 2.97. The van der Waals surface area contributed by atoms with Crippen molar-refractivity contribution in [3.63, 3.8) is 0 Å². The monoisotopic (exact) mass is 573 g/mol. The lowest BCUT2D eigenvalue weighted by atomic mass is 9.87. The molecule has 0 bridgehead atoms. The van der Waals surface area contributed by atoms with Gasteiger partial charge in [-0.15, -0.1) is 0 Å². The Hall–Kier alpha value is -2.59. The van der Waals surface area contributed by atoms with Crippen molar-refractivity contribution in [3.05, 3.63) is 52.5 Å². The molecule has 7 nitrogen and oxygen atoms in total. The summed E-state index contributed by atoms with van der Waals surface area (Å²) in [5.74, 6) is -3.60. The van der Waals surface area contributed by atoms with Crippen LogP contribution in [0.1, 0.15) is 49.7 Å². The Kier molecular flexibility index (Phi) is 8.52.